The Morgan fingerprint density at radius 3 is 2.04 bits per heavy atom. The van der Waals surface area contributed by atoms with Crippen molar-refractivity contribution in [1.82, 2.24) is 5.32 Å². The van der Waals surface area contributed by atoms with E-state index in [9.17, 15) is 9.59 Å². The quantitative estimate of drug-likeness (QED) is 0.752. The molecule has 5 heteroatoms. The monoisotopic (exact) mass is 359 g/mol. The van der Waals surface area contributed by atoms with Gasteiger partial charge >= 0.3 is 0 Å². The summed E-state index contributed by atoms with van der Waals surface area (Å²) in [4.78, 5) is 24.3. The smallest absolute Gasteiger partial charge is 0.258 e. The first-order chi connectivity index (χ1) is 11.8. The summed E-state index contributed by atoms with van der Waals surface area (Å²) in [6, 6.07) is 13.5. The van der Waals surface area contributed by atoms with Crippen LogP contribution in [0.25, 0.3) is 0 Å². The third-order valence-corrected chi connectivity index (χ3v) is 4.21. The number of ketones is 1. The lowest BCUT2D eigenvalue weighted by Gasteiger charge is -2.24. The first-order valence-corrected chi connectivity index (χ1v) is 8.52. The molecule has 0 saturated carbocycles. The van der Waals surface area contributed by atoms with E-state index in [-0.39, 0.29) is 23.8 Å². The average Bonchev–Trinajstić information content (AvgIpc) is 2.60. The summed E-state index contributed by atoms with van der Waals surface area (Å²) in [6.45, 7) is 5.87. The number of rotatable bonds is 7. The predicted molar refractivity (Wildman–Crippen MR) is 99.3 cm³/mol. The van der Waals surface area contributed by atoms with E-state index in [1.807, 2.05) is 20.8 Å². The minimum Gasteiger partial charge on any atom is -0.484 e. The second-order valence-electron chi connectivity index (χ2n) is 6.43. The Bertz CT molecular complexity index is 737. The Morgan fingerprint density at radius 1 is 1.00 bits per heavy atom. The second kappa shape index (κ2) is 8.17. The molecule has 0 saturated heterocycles. The van der Waals surface area contributed by atoms with E-state index in [4.69, 9.17) is 16.3 Å². The normalized spacial score (nSPS) is 11.0. The molecule has 2 aromatic carbocycles. The molecule has 0 fully saturated rings. The highest BCUT2D eigenvalue weighted by atomic mass is 35.5. The van der Waals surface area contributed by atoms with Crippen LogP contribution < -0.4 is 10.1 Å². The summed E-state index contributed by atoms with van der Waals surface area (Å²) in [5.74, 6) is 0.274. The van der Waals surface area contributed by atoms with Crippen molar-refractivity contribution in [3.63, 3.8) is 0 Å². The third-order valence-electron chi connectivity index (χ3n) is 3.95. The summed E-state index contributed by atoms with van der Waals surface area (Å²) >= 11 is 5.83. The zero-order valence-electron chi connectivity index (χ0n) is 14.6. The van der Waals surface area contributed by atoms with Gasteiger partial charge in [0.25, 0.3) is 5.91 Å². The van der Waals surface area contributed by atoms with E-state index in [1.165, 1.54) is 0 Å². The first-order valence-electron chi connectivity index (χ1n) is 8.15. The van der Waals surface area contributed by atoms with Crippen molar-refractivity contribution in [2.45, 2.75) is 32.7 Å². The number of hydrogen-bond acceptors (Lipinski definition) is 3. The van der Waals surface area contributed by atoms with Crippen molar-refractivity contribution < 1.29 is 14.3 Å². The van der Waals surface area contributed by atoms with Crippen LogP contribution in [0.1, 0.15) is 43.1 Å². The first kappa shape index (κ1) is 19.0. The highest BCUT2D eigenvalue weighted by Gasteiger charge is 2.18. The van der Waals surface area contributed by atoms with Gasteiger partial charge in [-0.2, -0.15) is 0 Å². The van der Waals surface area contributed by atoms with Crippen molar-refractivity contribution in [1.29, 1.82) is 0 Å². The zero-order chi connectivity index (χ0) is 18.4. The number of carbonyl (C=O) groups excluding carboxylic acids is 2. The number of amides is 1. The molecule has 1 amide bonds. The molecule has 0 spiro atoms. The molecule has 0 aliphatic rings. The number of benzene rings is 2. The second-order valence-corrected chi connectivity index (χ2v) is 6.87. The molecule has 0 aliphatic carbocycles. The van der Waals surface area contributed by atoms with Crippen molar-refractivity contribution in [3.8, 4) is 5.75 Å². The van der Waals surface area contributed by atoms with Gasteiger partial charge in [0.2, 0.25) is 0 Å². The standard InChI is InChI=1S/C20H22ClNO3/c1-4-20(2,3)22-18(23)13-25-17-11-7-15(8-12-17)19(24)14-5-9-16(21)10-6-14/h5-12H,4,13H2,1-3H3,(H,22,23). The van der Waals surface area contributed by atoms with Crippen LogP contribution in [0.3, 0.4) is 0 Å². The van der Waals surface area contributed by atoms with Gasteiger partial charge in [-0.05, 0) is 68.8 Å². The fourth-order valence-corrected chi connectivity index (χ4v) is 2.25. The predicted octanol–water partition coefficient (Wildman–Crippen LogP) is 4.25. The third kappa shape index (κ3) is 5.61. The fraction of sp³-hybridized carbons (Fsp3) is 0.300. The molecule has 0 bridgehead atoms. The molecule has 0 aromatic heterocycles. The van der Waals surface area contributed by atoms with Crippen LogP contribution in [0.4, 0.5) is 0 Å². The molecule has 0 atom stereocenters. The van der Waals surface area contributed by atoms with Gasteiger partial charge in [0, 0.05) is 21.7 Å². The number of halogens is 1. The fourth-order valence-electron chi connectivity index (χ4n) is 2.12. The SMILES string of the molecule is CCC(C)(C)NC(=O)COc1ccc(C(=O)c2ccc(Cl)cc2)cc1. The van der Waals surface area contributed by atoms with Crippen LogP contribution in [0.5, 0.6) is 5.75 Å². The van der Waals surface area contributed by atoms with Crippen LogP contribution in [0.15, 0.2) is 48.5 Å². The molecular weight excluding hydrogens is 338 g/mol. The van der Waals surface area contributed by atoms with Crippen LogP contribution in [-0.4, -0.2) is 23.8 Å². The largest absolute Gasteiger partial charge is 0.484 e. The van der Waals surface area contributed by atoms with Crippen LogP contribution in [0, 0.1) is 0 Å². The van der Waals surface area contributed by atoms with Crippen LogP contribution >= 0.6 is 11.6 Å². The molecule has 25 heavy (non-hydrogen) atoms. The van der Waals surface area contributed by atoms with Crippen molar-refractivity contribution in [2.75, 3.05) is 6.61 Å². The van der Waals surface area contributed by atoms with E-state index in [1.54, 1.807) is 48.5 Å². The summed E-state index contributed by atoms with van der Waals surface area (Å²) in [7, 11) is 0. The Morgan fingerprint density at radius 2 is 1.52 bits per heavy atom. The number of ether oxygens (including phenoxy) is 1. The molecule has 132 valence electrons. The lowest BCUT2D eigenvalue weighted by atomic mass is 10.0. The van der Waals surface area contributed by atoms with Crippen LogP contribution in [-0.2, 0) is 4.79 Å². The van der Waals surface area contributed by atoms with Crippen molar-refractivity contribution in [3.05, 3.63) is 64.7 Å². The Labute approximate surface area is 153 Å². The molecule has 2 aromatic rings. The molecule has 0 radical (unpaired) electrons. The van der Waals surface area contributed by atoms with Gasteiger partial charge in [-0.15, -0.1) is 0 Å². The molecule has 0 unspecified atom stereocenters. The minimum absolute atomic E-state index is 0.0616. The highest BCUT2D eigenvalue weighted by Crippen LogP contribution is 2.17. The lowest BCUT2D eigenvalue weighted by Crippen LogP contribution is -2.44. The molecule has 1 N–H and O–H groups in total. The van der Waals surface area contributed by atoms with Crippen LogP contribution in [0.2, 0.25) is 5.02 Å². The van der Waals surface area contributed by atoms with Gasteiger partial charge in [-0.25, -0.2) is 0 Å². The number of carbonyl (C=O) groups is 2. The van der Waals surface area contributed by atoms with E-state index < -0.39 is 0 Å². The molecular formula is C20H22ClNO3. The maximum Gasteiger partial charge on any atom is 0.258 e. The Balaban J connectivity index is 1.94. The van der Waals surface area contributed by atoms with Crippen molar-refractivity contribution in [2.24, 2.45) is 0 Å². The number of nitrogens with one attached hydrogen (secondary N) is 1. The molecule has 4 nitrogen and oxygen atoms in total. The highest BCUT2D eigenvalue weighted by molar-refractivity contribution is 6.30. The van der Waals surface area contributed by atoms with E-state index in [0.29, 0.717) is 21.9 Å². The molecule has 0 heterocycles. The van der Waals surface area contributed by atoms with Crippen molar-refractivity contribution >= 4 is 23.3 Å². The van der Waals surface area contributed by atoms with Gasteiger partial charge in [0.1, 0.15) is 5.75 Å². The summed E-state index contributed by atoms with van der Waals surface area (Å²) in [5.41, 5.74) is 0.862. The molecule has 2 rings (SSSR count). The van der Waals surface area contributed by atoms with E-state index in [2.05, 4.69) is 5.32 Å². The topological polar surface area (TPSA) is 55.4 Å². The lowest BCUT2D eigenvalue weighted by molar-refractivity contribution is -0.124. The van der Waals surface area contributed by atoms with Gasteiger partial charge in [0.15, 0.2) is 12.4 Å². The minimum atomic E-state index is -0.255. The van der Waals surface area contributed by atoms with E-state index >= 15 is 0 Å². The van der Waals surface area contributed by atoms with E-state index in [0.717, 1.165) is 6.42 Å². The summed E-state index contributed by atoms with van der Waals surface area (Å²) < 4.78 is 5.47. The van der Waals surface area contributed by atoms with Gasteiger partial charge in [-0.1, -0.05) is 18.5 Å². The average molecular weight is 360 g/mol. The zero-order valence-corrected chi connectivity index (χ0v) is 15.4. The summed E-state index contributed by atoms with van der Waals surface area (Å²) in [6.07, 6.45) is 0.834. The maximum atomic E-state index is 12.4. The summed E-state index contributed by atoms with van der Waals surface area (Å²) in [5, 5.41) is 3.49. The Kier molecular flexibility index (Phi) is 6.21. The Hall–Kier alpha value is -2.33. The molecule has 0 aliphatic heterocycles. The number of hydrogen-bond donors (Lipinski definition) is 1. The van der Waals surface area contributed by atoms with Gasteiger partial charge < -0.3 is 10.1 Å². The van der Waals surface area contributed by atoms with Gasteiger partial charge in [0.05, 0.1) is 0 Å². The van der Waals surface area contributed by atoms with Gasteiger partial charge in [-0.3, -0.25) is 9.59 Å². The maximum absolute atomic E-state index is 12.4.